The van der Waals surface area contributed by atoms with Gasteiger partial charge in [-0.15, -0.1) is 0 Å². The van der Waals surface area contributed by atoms with Crippen LogP contribution in [0.1, 0.15) is 43.7 Å². The van der Waals surface area contributed by atoms with Crippen LogP contribution in [-0.4, -0.2) is 24.6 Å². The van der Waals surface area contributed by atoms with Crippen LogP contribution >= 0.6 is 11.6 Å². The topological polar surface area (TPSA) is 67.4 Å². The summed E-state index contributed by atoms with van der Waals surface area (Å²) in [6, 6.07) is 7.66. The Bertz CT molecular complexity index is 653. The quantitative estimate of drug-likeness (QED) is 0.878. The number of fused-ring (bicyclic) bond motifs is 2. The zero-order valence-electron chi connectivity index (χ0n) is 13.4. The number of halogens is 1. The summed E-state index contributed by atoms with van der Waals surface area (Å²) in [5.74, 6) is 0.556. The fourth-order valence-corrected chi connectivity index (χ4v) is 4.78. The number of benzene rings is 1. The Morgan fingerprint density at radius 3 is 2.54 bits per heavy atom. The van der Waals surface area contributed by atoms with Crippen LogP contribution in [-0.2, 0) is 9.53 Å². The fourth-order valence-electron chi connectivity index (χ4n) is 4.66. The van der Waals surface area contributed by atoms with Crippen molar-refractivity contribution in [2.45, 2.75) is 44.2 Å². The van der Waals surface area contributed by atoms with Crippen LogP contribution in [0.4, 0.5) is 4.79 Å². The lowest BCUT2D eigenvalue weighted by atomic mass is 9.74. The average molecular weight is 349 g/mol. The number of hydrogen-bond acceptors (Lipinski definition) is 3. The van der Waals surface area contributed by atoms with Crippen LogP contribution in [0.3, 0.4) is 0 Å². The van der Waals surface area contributed by atoms with Gasteiger partial charge in [0.2, 0.25) is 0 Å². The van der Waals surface area contributed by atoms with Crippen molar-refractivity contribution in [1.29, 1.82) is 0 Å². The maximum absolute atomic E-state index is 12.6. The highest BCUT2D eigenvalue weighted by atomic mass is 35.5. The Balaban J connectivity index is 1.59. The third-order valence-electron chi connectivity index (χ3n) is 5.87. The minimum absolute atomic E-state index is 0.0610. The van der Waals surface area contributed by atoms with Gasteiger partial charge in [-0.1, -0.05) is 23.7 Å². The van der Waals surface area contributed by atoms with Crippen LogP contribution in [0.5, 0.6) is 0 Å². The van der Waals surface area contributed by atoms with E-state index in [1.165, 1.54) is 12.8 Å². The molecule has 3 fully saturated rings. The highest BCUT2D eigenvalue weighted by Crippen LogP contribution is 2.60. The number of nitrogens with one attached hydrogen (secondary N) is 2. The van der Waals surface area contributed by atoms with Crippen molar-refractivity contribution >= 4 is 23.6 Å². The van der Waals surface area contributed by atoms with Crippen molar-refractivity contribution < 1.29 is 14.3 Å². The number of carbonyl (C=O) groups excluding carboxylic acids is 2. The number of cyclic esters (lactones) is 1. The maximum Gasteiger partial charge on any atom is 0.408 e. The molecule has 2 saturated carbocycles. The number of ether oxygens (including phenoxy) is 1. The Hall–Kier alpha value is -1.75. The largest absolute Gasteiger partial charge is 0.434 e. The van der Waals surface area contributed by atoms with Gasteiger partial charge in [-0.25, -0.2) is 4.79 Å². The highest BCUT2D eigenvalue weighted by Gasteiger charge is 2.51. The van der Waals surface area contributed by atoms with Gasteiger partial charge in [0.05, 0.1) is 12.6 Å². The first-order valence-corrected chi connectivity index (χ1v) is 8.94. The average Bonchev–Trinajstić information content (AvgIpc) is 3.29. The predicted octanol–water partition coefficient (Wildman–Crippen LogP) is 3.19. The Labute approximate surface area is 146 Å². The second kappa shape index (κ2) is 5.96. The van der Waals surface area contributed by atoms with Crippen LogP contribution in [0.2, 0.25) is 5.02 Å². The van der Waals surface area contributed by atoms with Crippen LogP contribution in [0.15, 0.2) is 24.3 Å². The van der Waals surface area contributed by atoms with Gasteiger partial charge in [-0.3, -0.25) is 4.79 Å². The first-order chi connectivity index (χ1) is 11.6. The molecule has 2 atom stereocenters. The van der Waals surface area contributed by atoms with Gasteiger partial charge in [-0.2, -0.15) is 0 Å². The van der Waals surface area contributed by atoms with E-state index in [2.05, 4.69) is 10.6 Å². The number of alkyl carbamates (subject to hydrolysis) is 1. The van der Waals surface area contributed by atoms with Gasteiger partial charge in [0.15, 0.2) is 6.10 Å². The van der Waals surface area contributed by atoms with E-state index in [1.807, 2.05) is 24.3 Å². The minimum atomic E-state index is -0.748. The van der Waals surface area contributed by atoms with Crippen molar-refractivity contribution in [3.63, 3.8) is 0 Å². The van der Waals surface area contributed by atoms with E-state index in [4.69, 9.17) is 16.3 Å². The Morgan fingerprint density at radius 1 is 1.29 bits per heavy atom. The van der Waals surface area contributed by atoms with E-state index in [0.29, 0.717) is 5.02 Å². The van der Waals surface area contributed by atoms with E-state index >= 15 is 0 Å². The maximum atomic E-state index is 12.6. The van der Waals surface area contributed by atoms with Crippen LogP contribution in [0.25, 0.3) is 0 Å². The minimum Gasteiger partial charge on any atom is -0.434 e. The van der Waals surface area contributed by atoms with Crippen molar-refractivity contribution in [2.24, 2.45) is 11.3 Å². The van der Waals surface area contributed by atoms with Gasteiger partial charge in [0, 0.05) is 5.02 Å². The van der Waals surface area contributed by atoms with Crippen molar-refractivity contribution in [3.8, 4) is 0 Å². The summed E-state index contributed by atoms with van der Waals surface area (Å²) in [4.78, 5) is 23.8. The third-order valence-corrected chi connectivity index (χ3v) is 6.12. The molecule has 5 nitrogen and oxygen atoms in total. The van der Waals surface area contributed by atoms with Crippen molar-refractivity contribution in [2.75, 3.05) is 6.54 Å². The SMILES string of the molecule is O=C1NC[C@@H](C(=O)N[C@@H](c2ccc(Cl)cc2)C23CCC(CC2)C3)O1. The summed E-state index contributed by atoms with van der Waals surface area (Å²) in [6.07, 6.45) is 4.62. The lowest BCUT2D eigenvalue weighted by Gasteiger charge is -2.37. The first kappa shape index (κ1) is 15.8. The summed E-state index contributed by atoms with van der Waals surface area (Å²) in [6.45, 7) is 0.230. The Kier molecular flexibility index (Phi) is 3.91. The normalized spacial score (nSPS) is 32.3. The standard InChI is InChI=1S/C18H21ClN2O3/c19-13-3-1-12(2-4-13)15(18-7-5-11(9-18)6-8-18)21-16(22)14-10-20-17(23)24-14/h1-4,11,14-15H,5-10H2,(H,20,23)(H,21,22)/t11?,14-,15-,18?/m0/s1. The van der Waals surface area contributed by atoms with Crippen LogP contribution in [0, 0.1) is 11.3 Å². The summed E-state index contributed by atoms with van der Waals surface area (Å²) in [5.41, 5.74) is 1.19. The molecule has 0 radical (unpaired) electrons. The lowest BCUT2D eigenvalue weighted by molar-refractivity contribution is -0.129. The second-order valence-electron chi connectivity index (χ2n) is 7.28. The van der Waals surface area contributed by atoms with E-state index in [-0.39, 0.29) is 23.9 Å². The molecule has 3 aliphatic rings. The van der Waals surface area contributed by atoms with E-state index in [0.717, 1.165) is 30.7 Å². The van der Waals surface area contributed by atoms with E-state index in [1.54, 1.807) is 0 Å². The molecule has 0 aromatic heterocycles. The molecule has 4 rings (SSSR count). The molecule has 2 bridgehead atoms. The van der Waals surface area contributed by atoms with Crippen molar-refractivity contribution in [3.05, 3.63) is 34.9 Å². The lowest BCUT2D eigenvalue weighted by Crippen LogP contribution is -2.44. The molecule has 2 aliphatic carbocycles. The smallest absolute Gasteiger partial charge is 0.408 e. The second-order valence-corrected chi connectivity index (χ2v) is 7.71. The first-order valence-electron chi connectivity index (χ1n) is 8.56. The highest BCUT2D eigenvalue weighted by molar-refractivity contribution is 6.30. The molecule has 24 heavy (non-hydrogen) atoms. The molecule has 1 heterocycles. The summed E-state index contributed by atoms with van der Waals surface area (Å²) in [5, 5.41) is 6.40. The number of carbonyl (C=O) groups is 2. The molecule has 6 heteroatoms. The molecule has 1 aliphatic heterocycles. The van der Waals surface area contributed by atoms with Gasteiger partial charge in [0.25, 0.3) is 5.91 Å². The van der Waals surface area contributed by atoms with E-state index < -0.39 is 12.2 Å². The monoisotopic (exact) mass is 348 g/mol. The predicted molar refractivity (Wildman–Crippen MR) is 89.6 cm³/mol. The molecule has 2 amide bonds. The summed E-state index contributed by atoms with van der Waals surface area (Å²) < 4.78 is 5.04. The molecule has 0 unspecified atom stereocenters. The van der Waals surface area contributed by atoms with E-state index in [9.17, 15) is 9.59 Å². The zero-order chi connectivity index (χ0) is 16.7. The van der Waals surface area contributed by atoms with Gasteiger partial charge >= 0.3 is 6.09 Å². The number of amides is 2. The van der Waals surface area contributed by atoms with Gasteiger partial charge in [-0.05, 0) is 61.1 Å². The van der Waals surface area contributed by atoms with Crippen LogP contribution < -0.4 is 10.6 Å². The molecule has 1 saturated heterocycles. The molecular formula is C18H21ClN2O3. The molecule has 2 N–H and O–H groups in total. The molecule has 128 valence electrons. The molecule has 1 aromatic carbocycles. The molecular weight excluding hydrogens is 328 g/mol. The number of rotatable bonds is 4. The summed E-state index contributed by atoms with van der Waals surface area (Å²) >= 11 is 6.03. The molecule has 1 aromatic rings. The summed E-state index contributed by atoms with van der Waals surface area (Å²) in [7, 11) is 0. The fraction of sp³-hybridized carbons (Fsp3) is 0.556. The number of hydrogen-bond donors (Lipinski definition) is 2. The van der Waals surface area contributed by atoms with Gasteiger partial charge in [0.1, 0.15) is 0 Å². The third kappa shape index (κ3) is 2.75. The van der Waals surface area contributed by atoms with Gasteiger partial charge < -0.3 is 15.4 Å². The van der Waals surface area contributed by atoms with Crippen molar-refractivity contribution in [1.82, 2.24) is 10.6 Å². The Morgan fingerprint density at radius 2 is 2.00 bits per heavy atom. The molecule has 0 spiro atoms. The zero-order valence-corrected chi connectivity index (χ0v) is 14.1.